The normalized spacial score (nSPS) is 14.0. The van der Waals surface area contributed by atoms with Crippen molar-refractivity contribution in [1.82, 2.24) is 0 Å². The van der Waals surface area contributed by atoms with Crippen molar-refractivity contribution in [3.63, 3.8) is 0 Å². The molecule has 6 heteroatoms. The van der Waals surface area contributed by atoms with Gasteiger partial charge in [-0.3, -0.25) is 0 Å². The first-order chi connectivity index (χ1) is 16.1. The first-order valence-electron chi connectivity index (χ1n) is 14.3. The molecule has 0 saturated carbocycles. The van der Waals surface area contributed by atoms with Gasteiger partial charge in [-0.25, -0.2) is 0 Å². The maximum Gasteiger partial charge on any atom is 0 e. The minimum atomic E-state index is 0. The Balaban J connectivity index is -0.0000000972. The summed E-state index contributed by atoms with van der Waals surface area (Å²) in [6.45, 7) is 13.5. The van der Waals surface area contributed by atoms with E-state index in [9.17, 15) is 0 Å². The van der Waals surface area contributed by atoms with Crippen LogP contribution in [-0.4, -0.2) is 0 Å². The van der Waals surface area contributed by atoms with Crippen LogP contribution in [0.3, 0.4) is 0 Å². The summed E-state index contributed by atoms with van der Waals surface area (Å²) in [7, 11) is 0. The second-order valence-corrected chi connectivity index (χ2v) is 9.71. The monoisotopic (exact) mass is 825 g/mol. The Morgan fingerprint density at radius 3 is 0.769 bits per heavy atom. The summed E-state index contributed by atoms with van der Waals surface area (Å²) in [6, 6.07) is 0. The van der Waals surface area contributed by atoms with Gasteiger partial charge in [0.25, 0.3) is 0 Å². The van der Waals surface area contributed by atoms with Crippen molar-refractivity contribution in [3.05, 3.63) is 69.9 Å². The molecule has 222 valence electrons. The van der Waals surface area contributed by atoms with Crippen LogP contribution in [0.2, 0.25) is 0 Å². The van der Waals surface area contributed by atoms with E-state index in [1.807, 2.05) is 0 Å². The molecular weight excluding hydrogens is 776 g/mol. The molecule has 0 unspecified atom stereocenters. The quantitative estimate of drug-likeness (QED) is 0.284. The van der Waals surface area contributed by atoms with E-state index in [0.717, 1.165) is 0 Å². The summed E-state index contributed by atoms with van der Waals surface area (Å²) in [4.78, 5) is 0. The largest absolute Gasteiger partial charge is 1.00 e. The maximum absolute atomic E-state index is 2.31. The van der Waals surface area contributed by atoms with Crippen LogP contribution < -0.4 is 37.2 Å². The average molecular weight is 831 g/mol. The molecule has 3 rings (SSSR count). The zero-order chi connectivity index (χ0) is 24.3. The summed E-state index contributed by atoms with van der Waals surface area (Å²) < 4.78 is 0. The second-order valence-electron chi connectivity index (χ2n) is 9.71. The molecule has 0 bridgehead atoms. The van der Waals surface area contributed by atoms with Crippen LogP contribution >= 0.6 is 0 Å². The standard InChI is InChI=1S/3C11H18.3ClH.3Zr/c3*1-3-6-10-8-5-9-11(10)7-4-2;;;;;;/h3*5,8H,3-4,6-7,9H2,1-2H3;3*1H;;;/p-3. The summed E-state index contributed by atoms with van der Waals surface area (Å²) in [6.07, 6.45) is 33.0. The van der Waals surface area contributed by atoms with Crippen LogP contribution in [0.15, 0.2) is 69.9 Å². The molecule has 0 amide bonds. The third kappa shape index (κ3) is 23.1. The molecule has 0 atom stereocenters. The van der Waals surface area contributed by atoms with E-state index in [2.05, 4.69) is 78.0 Å². The van der Waals surface area contributed by atoms with E-state index < -0.39 is 0 Å². The zero-order valence-electron chi connectivity index (χ0n) is 25.7. The number of rotatable bonds is 12. The fourth-order valence-corrected chi connectivity index (χ4v) is 5.06. The molecule has 3 aliphatic carbocycles. The molecular formula is C33H54Cl3Zr3-3. The molecule has 0 aromatic rings. The van der Waals surface area contributed by atoms with Gasteiger partial charge in [-0.1, -0.05) is 133 Å². The van der Waals surface area contributed by atoms with Crippen LogP contribution in [0.1, 0.15) is 138 Å². The van der Waals surface area contributed by atoms with Crippen LogP contribution in [0.5, 0.6) is 0 Å². The maximum atomic E-state index is 2.31. The van der Waals surface area contributed by atoms with Gasteiger partial charge in [-0.15, -0.1) is 0 Å². The number of hydrogen-bond donors (Lipinski definition) is 0. The number of hydrogen-bond acceptors (Lipinski definition) is 0. The van der Waals surface area contributed by atoms with Gasteiger partial charge in [-0.2, -0.15) is 0 Å². The topological polar surface area (TPSA) is 0 Å². The SMILES string of the molecule is CCCC1=C(CCC)CC=C1.CCCC1=C(CCC)CC=C1.CCCC1=C(CCC)CC=C1.[Cl-].[Cl-].[Cl-].[Zr].[Zr].[Zr]. The molecule has 0 saturated heterocycles. The molecule has 0 aromatic carbocycles. The molecule has 0 fully saturated rings. The van der Waals surface area contributed by atoms with Crippen molar-refractivity contribution in [3.8, 4) is 0 Å². The zero-order valence-corrected chi connectivity index (χ0v) is 35.3. The summed E-state index contributed by atoms with van der Waals surface area (Å²) in [5.41, 5.74) is 9.93. The van der Waals surface area contributed by atoms with E-state index >= 15 is 0 Å². The summed E-state index contributed by atoms with van der Waals surface area (Å²) in [5.74, 6) is 0. The molecule has 0 nitrogen and oxygen atoms in total. The van der Waals surface area contributed by atoms with E-state index in [-0.39, 0.29) is 116 Å². The van der Waals surface area contributed by atoms with Gasteiger partial charge in [0.15, 0.2) is 0 Å². The van der Waals surface area contributed by atoms with Gasteiger partial charge >= 0.3 is 0 Å². The molecule has 0 heterocycles. The Bertz CT molecular complexity index is 647. The summed E-state index contributed by atoms with van der Waals surface area (Å²) >= 11 is 0. The van der Waals surface area contributed by atoms with E-state index in [4.69, 9.17) is 0 Å². The van der Waals surface area contributed by atoms with E-state index in [1.54, 1.807) is 33.4 Å². The first-order valence-corrected chi connectivity index (χ1v) is 14.3. The third-order valence-corrected chi connectivity index (χ3v) is 6.63. The van der Waals surface area contributed by atoms with Crippen molar-refractivity contribution < 1.29 is 116 Å². The van der Waals surface area contributed by atoms with Crippen molar-refractivity contribution >= 4 is 0 Å². The van der Waals surface area contributed by atoms with Gasteiger partial charge in [0.1, 0.15) is 0 Å². The Labute approximate surface area is 319 Å². The molecule has 39 heavy (non-hydrogen) atoms. The fourth-order valence-electron chi connectivity index (χ4n) is 5.06. The molecule has 3 aliphatic rings. The van der Waals surface area contributed by atoms with Crippen LogP contribution in [0.25, 0.3) is 0 Å². The number of halogens is 3. The minimum absolute atomic E-state index is 0. The number of allylic oxidation sites excluding steroid dienone is 12. The van der Waals surface area contributed by atoms with Crippen molar-refractivity contribution in [2.45, 2.75) is 138 Å². The van der Waals surface area contributed by atoms with Crippen LogP contribution in [-0.2, 0) is 78.6 Å². The minimum Gasteiger partial charge on any atom is -1.00 e. The van der Waals surface area contributed by atoms with Crippen molar-refractivity contribution in [2.75, 3.05) is 0 Å². The Kier molecular flexibility index (Phi) is 49.6. The van der Waals surface area contributed by atoms with Gasteiger partial charge in [-0.05, 0) is 74.5 Å². The second kappa shape index (κ2) is 36.2. The predicted octanol–water partition coefficient (Wildman–Crippen LogP) is 2.53. The van der Waals surface area contributed by atoms with Gasteiger partial charge < -0.3 is 37.2 Å². The molecule has 0 radical (unpaired) electrons. The summed E-state index contributed by atoms with van der Waals surface area (Å²) in [5, 5.41) is 0. The van der Waals surface area contributed by atoms with Crippen molar-refractivity contribution in [1.29, 1.82) is 0 Å². The first kappa shape index (κ1) is 53.5. The fraction of sp³-hybridized carbons (Fsp3) is 0.636. The molecule has 0 spiro atoms. The van der Waals surface area contributed by atoms with Crippen LogP contribution in [0, 0.1) is 0 Å². The third-order valence-electron chi connectivity index (χ3n) is 6.63. The van der Waals surface area contributed by atoms with E-state index in [1.165, 1.54) is 96.3 Å². The van der Waals surface area contributed by atoms with Gasteiger partial charge in [0.2, 0.25) is 0 Å². The van der Waals surface area contributed by atoms with Crippen LogP contribution in [0.4, 0.5) is 0 Å². The van der Waals surface area contributed by atoms with E-state index in [0.29, 0.717) is 0 Å². The van der Waals surface area contributed by atoms with Gasteiger partial charge in [0, 0.05) is 78.6 Å². The smallest absolute Gasteiger partial charge is 0 e. The Morgan fingerprint density at radius 1 is 0.385 bits per heavy atom. The van der Waals surface area contributed by atoms with Crippen molar-refractivity contribution in [2.24, 2.45) is 0 Å². The molecule has 0 aliphatic heterocycles. The Hall–Kier alpha value is 1.96. The molecule has 0 N–H and O–H groups in total. The molecule has 0 aromatic heterocycles. The predicted molar refractivity (Wildman–Crippen MR) is 152 cm³/mol. The van der Waals surface area contributed by atoms with Gasteiger partial charge in [0.05, 0.1) is 0 Å². The Morgan fingerprint density at radius 2 is 0.590 bits per heavy atom. The average Bonchev–Trinajstić information content (AvgIpc) is 3.55.